The summed E-state index contributed by atoms with van der Waals surface area (Å²) in [4.78, 5) is 11.8. The van der Waals surface area contributed by atoms with Crippen molar-refractivity contribution in [3.8, 4) is 5.75 Å². The van der Waals surface area contributed by atoms with Crippen LogP contribution in [0.4, 0.5) is 10.1 Å². The highest BCUT2D eigenvalue weighted by atomic mass is 19.1. The van der Waals surface area contributed by atoms with Crippen molar-refractivity contribution < 1.29 is 13.9 Å². The van der Waals surface area contributed by atoms with Crippen LogP contribution < -0.4 is 15.4 Å². The molecule has 0 aromatic heterocycles. The fourth-order valence-corrected chi connectivity index (χ4v) is 1.89. The summed E-state index contributed by atoms with van der Waals surface area (Å²) in [6.07, 6.45) is 1.81. The molecule has 1 aromatic carbocycles. The molecular formula is C12H15FN2O2. The Morgan fingerprint density at radius 1 is 1.53 bits per heavy atom. The fourth-order valence-electron chi connectivity index (χ4n) is 1.89. The summed E-state index contributed by atoms with van der Waals surface area (Å²) in [6, 6.07) is 3.96. The lowest BCUT2D eigenvalue weighted by Gasteiger charge is -2.12. The van der Waals surface area contributed by atoms with Crippen LogP contribution in [0.5, 0.6) is 5.75 Å². The summed E-state index contributed by atoms with van der Waals surface area (Å²) in [6.45, 7) is 0.852. The van der Waals surface area contributed by atoms with Crippen molar-refractivity contribution in [3.05, 3.63) is 24.0 Å². The highest BCUT2D eigenvalue weighted by molar-refractivity contribution is 5.95. The highest BCUT2D eigenvalue weighted by Crippen LogP contribution is 2.20. The Bertz CT molecular complexity index is 417. The van der Waals surface area contributed by atoms with Gasteiger partial charge in [-0.1, -0.05) is 0 Å². The van der Waals surface area contributed by atoms with Gasteiger partial charge in [0.15, 0.2) is 0 Å². The Balaban J connectivity index is 2.06. The lowest BCUT2D eigenvalue weighted by molar-refractivity contribution is -0.117. The van der Waals surface area contributed by atoms with Crippen LogP contribution >= 0.6 is 0 Å². The molecule has 1 saturated heterocycles. The summed E-state index contributed by atoms with van der Waals surface area (Å²) in [5, 5.41) is 5.76. The van der Waals surface area contributed by atoms with Crippen LogP contribution in [0, 0.1) is 5.82 Å². The quantitative estimate of drug-likeness (QED) is 0.839. The van der Waals surface area contributed by atoms with E-state index in [0.29, 0.717) is 11.4 Å². The van der Waals surface area contributed by atoms with E-state index in [1.807, 2.05) is 0 Å². The van der Waals surface area contributed by atoms with Gasteiger partial charge in [0.2, 0.25) is 5.91 Å². The predicted molar refractivity (Wildman–Crippen MR) is 62.6 cm³/mol. The molecule has 1 atom stereocenters. The third kappa shape index (κ3) is 2.94. The van der Waals surface area contributed by atoms with Gasteiger partial charge in [0, 0.05) is 17.8 Å². The second-order valence-corrected chi connectivity index (χ2v) is 4.02. The normalized spacial score (nSPS) is 19.1. The molecule has 92 valence electrons. The van der Waals surface area contributed by atoms with E-state index >= 15 is 0 Å². The predicted octanol–water partition coefficient (Wildman–Crippen LogP) is 1.52. The van der Waals surface area contributed by atoms with Gasteiger partial charge in [0.25, 0.3) is 0 Å². The molecule has 4 nitrogen and oxygen atoms in total. The van der Waals surface area contributed by atoms with Gasteiger partial charge < -0.3 is 15.4 Å². The van der Waals surface area contributed by atoms with Gasteiger partial charge in [0.05, 0.1) is 13.2 Å². The van der Waals surface area contributed by atoms with Crippen LogP contribution in [0.3, 0.4) is 0 Å². The number of carbonyl (C=O) groups is 1. The molecule has 0 bridgehead atoms. The molecular weight excluding hydrogens is 223 g/mol. The van der Waals surface area contributed by atoms with Crippen LogP contribution in [-0.4, -0.2) is 25.6 Å². The Kier molecular flexibility index (Phi) is 3.58. The Labute approximate surface area is 99.2 Å². The molecule has 2 N–H and O–H groups in total. The smallest absolute Gasteiger partial charge is 0.241 e. The van der Waals surface area contributed by atoms with Crippen molar-refractivity contribution in [3.63, 3.8) is 0 Å². The largest absolute Gasteiger partial charge is 0.497 e. The topological polar surface area (TPSA) is 50.4 Å². The molecule has 1 amide bonds. The van der Waals surface area contributed by atoms with E-state index in [-0.39, 0.29) is 11.9 Å². The Morgan fingerprint density at radius 3 is 3.00 bits per heavy atom. The number of nitrogens with one attached hydrogen (secondary N) is 2. The van der Waals surface area contributed by atoms with Crippen LogP contribution in [0.25, 0.3) is 0 Å². The average Bonchev–Trinajstić information content (AvgIpc) is 2.81. The second kappa shape index (κ2) is 5.14. The summed E-state index contributed by atoms with van der Waals surface area (Å²) < 4.78 is 18.1. The SMILES string of the molecule is COc1cc(F)cc(NC(=O)[C@H]2CCCN2)c1. The van der Waals surface area contributed by atoms with Crippen LogP contribution in [-0.2, 0) is 4.79 Å². The Morgan fingerprint density at radius 2 is 2.35 bits per heavy atom. The van der Waals surface area contributed by atoms with Crippen molar-refractivity contribution in [1.82, 2.24) is 5.32 Å². The molecule has 0 spiro atoms. The van der Waals surface area contributed by atoms with Gasteiger partial charge in [-0.3, -0.25) is 4.79 Å². The summed E-state index contributed by atoms with van der Waals surface area (Å²) in [5.41, 5.74) is 0.417. The maximum atomic E-state index is 13.2. The van der Waals surface area contributed by atoms with Gasteiger partial charge in [0.1, 0.15) is 11.6 Å². The van der Waals surface area contributed by atoms with E-state index in [1.165, 1.54) is 19.2 Å². The van der Waals surface area contributed by atoms with Gasteiger partial charge >= 0.3 is 0 Å². The van der Waals surface area contributed by atoms with E-state index in [4.69, 9.17) is 4.74 Å². The molecule has 0 aliphatic carbocycles. The molecule has 17 heavy (non-hydrogen) atoms. The van der Waals surface area contributed by atoms with E-state index in [2.05, 4.69) is 10.6 Å². The number of ether oxygens (including phenoxy) is 1. The molecule has 1 aliphatic rings. The number of anilines is 1. The lowest BCUT2D eigenvalue weighted by atomic mass is 10.2. The van der Waals surface area contributed by atoms with Crippen LogP contribution in [0.2, 0.25) is 0 Å². The number of hydrogen-bond donors (Lipinski definition) is 2. The zero-order valence-corrected chi connectivity index (χ0v) is 9.63. The lowest BCUT2D eigenvalue weighted by Crippen LogP contribution is -2.35. The van der Waals surface area contributed by atoms with E-state index in [9.17, 15) is 9.18 Å². The number of hydrogen-bond acceptors (Lipinski definition) is 3. The monoisotopic (exact) mass is 238 g/mol. The fraction of sp³-hybridized carbons (Fsp3) is 0.417. The molecule has 0 radical (unpaired) electrons. The minimum Gasteiger partial charge on any atom is -0.497 e. The Hall–Kier alpha value is -1.62. The summed E-state index contributed by atoms with van der Waals surface area (Å²) in [7, 11) is 1.46. The number of amides is 1. The first-order valence-corrected chi connectivity index (χ1v) is 5.58. The van der Waals surface area contributed by atoms with Crippen LogP contribution in [0.1, 0.15) is 12.8 Å². The minimum absolute atomic E-state index is 0.129. The highest BCUT2D eigenvalue weighted by Gasteiger charge is 2.22. The summed E-state index contributed by atoms with van der Waals surface area (Å²) >= 11 is 0. The minimum atomic E-state index is -0.431. The number of halogens is 1. The number of rotatable bonds is 3. The molecule has 1 aliphatic heterocycles. The van der Waals surface area contributed by atoms with Crippen molar-refractivity contribution >= 4 is 11.6 Å². The second-order valence-electron chi connectivity index (χ2n) is 4.02. The maximum absolute atomic E-state index is 13.2. The van der Waals surface area contributed by atoms with Gasteiger partial charge in [-0.25, -0.2) is 4.39 Å². The zero-order chi connectivity index (χ0) is 12.3. The molecule has 0 saturated carbocycles. The zero-order valence-electron chi connectivity index (χ0n) is 9.63. The van der Waals surface area contributed by atoms with Crippen molar-refractivity contribution in [2.45, 2.75) is 18.9 Å². The molecule has 0 unspecified atom stereocenters. The third-order valence-electron chi connectivity index (χ3n) is 2.75. The standard InChI is InChI=1S/C12H15FN2O2/c1-17-10-6-8(13)5-9(7-10)15-12(16)11-3-2-4-14-11/h5-7,11,14H,2-4H2,1H3,(H,15,16)/t11-/m1/s1. The first kappa shape index (κ1) is 11.9. The molecule has 1 fully saturated rings. The van der Waals surface area contributed by atoms with E-state index < -0.39 is 5.82 Å². The number of benzene rings is 1. The number of carbonyl (C=O) groups excluding carboxylic acids is 1. The molecule has 2 rings (SSSR count). The van der Waals surface area contributed by atoms with Gasteiger partial charge in [-0.2, -0.15) is 0 Å². The number of methoxy groups -OCH3 is 1. The van der Waals surface area contributed by atoms with Crippen molar-refractivity contribution in [1.29, 1.82) is 0 Å². The van der Waals surface area contributed by atoms with Crippen LogP contribution in [0.15, 0.2) is 18.2 Å². The third-order valence-corrected chi connectivity index (χ3v) is 2.75. The molecule has 5 heteroatoms. The van der Waals surface area contributed by atoms with Crippen molar-refractivity contribution in [2.24, 2.45) is 0 Å². The maximum Gasteiger partial charge on any atom is 0.241 e. The average molecular weight is 238 g/mol. The first-order valence-electron chi connectivity index (χ1n) is 5.58. The van der Waals surface area contributed by atoms with E-state index in [0.717, 1.165) is 19.4 Å². The van der Waals surface area contributed by atoms with Gasteiger partial charge in [-0.15, -0.1) is 0 Å². The first-order chi connectivity index (χ1) is 8.19. The molecule has 1 aromatic rings. The van der Waals surface area contributed by atoms with E-state index in [1.54, 1.807) is 6.07 Å². The van der Waals surface area contributed by atoms with Gasteiger partial charge in [-0.05, 0) is 25.5 Å². The summed E-state index contributed by atoms with van der Waals surface area (Å²) in [5.74, 6) is -0.172. The molecule has 1 heterocycles. The van der Waals surface area contributed by atoms with Crippen molar-refractivity contribution in [2.75, 3.05) is 19.0 Å².